The first-order valence-electron chi connectivity index (χ1n) is 8.53. The Morgan fingerprint density at radius 1 is 1.28 bits per heavy atom. The number of carbonyl (C=O) groups excluding carboxylic acids is 2. The van der Waals surface area contributed by atoms with Crippen molar-refractivity contribution in [2.24, 2.45) is 5.92 Å². The summed E-state index contributed by atoms with van der Waals surface area (Å²) in [7, 11) is 0. The zero-order chi connectivity index (χ0) is 17.5. The number of halogens is 2. The Morgan fingerprint density at radius 3 is 2.52 bits per heavy atom. The molecule has 140 valence electrons. The van der Waals surface area contributed by atoms with Gasteiger partial charge in [-0.15, -0.1) is 12.4 Å². The van der Waals surface area contributed by atoms with Crippen LogP contribution in [0.5, 0.6) is 0 Å². The highest BCUT2D eigenvalue weighted by Gasteiger charge is 2.23. The van der Waals surface area contributed by atoms with E-state index in [-0.39, 0.29) is 24.2 Å². The van der Waals surface area contributed by atoms with Gasteiger partial charge in [0.05, 0.1) is 0 Å². The fraction of sp³-hybridized carbons (Fsp3) is 0.556. The molecule has 1 aliphatic heterocycles. The summed E-state index contributed by atoms with van der Waals surface area (Å²) in [6.07, 6.45) is 2.82. The van der Waals surface area contributed by atoms with E-state index in [9.17, 15) is 9.59 Å². The molecule has 2 unspecified atom stereocenters. The summed E-state index contributed by atoms with van der Waals surface area (Å²) >= 11 is 5.84. The summed E-state index contributed by atoms with van der Waals surface area (Å²) < 4.78 is 0. The molecule has 0 bridgehead atoms. The number of rotatable bonds is 7. The van der Waals surface area contributed by atoms with Gasteiger partial charge in [0.15, 0.2) is 0 Å². The van der Waals surface area contributed by atoms with Crippen molar-refractivity contribution >= 4 is 35.8 Å². The minimum atomic E-state index is -0.533. The molecule has 25 heavy (non-hydrogen) atoms. The second-order valence-electron chi connectivity index (χ2n) is 6.70. The number of amides is 2. The Hall–Kier alpha value is -1.30. The van der Waals surface area contributed by atoms with Crippen LogP contribution in [0, 0.1) is 5.92 Å². The Labute approximate surface area is 160 Å². The second kappa shape index (κ2) is 10.6. The Bertz CT molecular complexity index is 558. The van der Waals surface area contributed by atoms with Gasteiger partial charge in [-0.05, 0) is 56.0 Å². The predicted molar refractivity (Wildman–Crippen MR) is 103 cm³/mol. The lowest BCUT2D eigenvalue weighted by Crippen LogP contribution is -2.49. The van der Waals surface area contributed by atoms with Crippen molar-refractivity contribution < 1.29 is 9.59 Å². The van der Waals surface area contributed by atoms with Crippen molar-refractivity contribution in [3.63, 3.8) is 0 Å². The van der Waals surface area contributed by atoms with Gasteiger partial charge in [0.25, 0.3) is 5.91 Å². The van der Waals surface area contributed by atoms with Gasteiger partial charge in [-0.25, -0.2) is 0 Å². The summed E-state index contributed by atoms with van der Waals surface area (Å²) in [5.74, 6) is -0.0814. The maximum Gasteiger partial charge on any atom is 0.251 e. The monoisotopic (exact) mass is 387 g/mol. The van der Waals surface area contributed by atoms with E-state index in [4.69, 9.17) is 11.6 Å². The third-order valence-electron chi connectivity index (χ3n) is 4.12. The van der Waals surface area contributed by atoms with E-state index in [1.165, 1.54) is 0 Å². The number of benzene rings is 1. The highest BCUT2D eigenvalue weighted by molar-refractivity contribution is 6.30. The van der Waals surface area contributed by atoms with E-state index in [2.05, 4.69) is 16.0 Å². The normalized spacial score (nSPS) is 17.7. The van der Waals surface area contributed by atoms with E-state index in [1.54, 1.807) is 24.3 Å². The second-order valence-corrected chi connectivity index (χ2v) is 7.14. The standard InChI is InChI=1S/C18H26ClN3O2.ClH/c1-12(2)10-16(18(24)21-11-15-4-3-9-20-15)22-17(23)13-5-7-14(19)8-6-13;/h5-8,12,15-16,20H,3-4,9-11H2,1-2H3,(H,21,24)(H,22,23);1H. The molecule has 1 aromatic carbocycles. The lowest BCUT2D eigenvalue weighted by Gasteiger charge is -2.21. The van der Waals surface area contributed by atoms with Crippen LogP contribution in [0.25, 0.3) is 0 Å². The molecule has 1 aromatic rings. The summed E-state index contributed by atoms with van der Waals surface area (Å²) in [6.45, 7) is 5.67. The van der Waals surface area contributed by atoms with Gasteiger partial charge in [-0.1, -0.05) is 25.4 Å². The van der Waals surface area contributed by atoms with E-state index >= 15 is 0 Å². The first-order chi connectivity index (χ1) is 11.5. The molecular weight excluding hydrogens is 361 g/mol. The van der Waals surface area contributed by atoms with Gasteiger partial charge in [0.1, 0.15) is 6.04 Å². The molecule has 1 saturated heterocycles. The summed E-state index contributed by atoms with van der Waals surface area (Å²) in [5.41, 5.74) is 0.499. The minimum Gasteiger partial charge on any atom is -0.353 e. The molecule has 2 rings (SSSR count). The number of hydrogen-bond acceptors (Lipinski definition) is 3. The topological polar surface area (TPSA) is 70.2 Å². The average Bonchev–Trinajstić information content (AvgIpc) is 3.05. The van der Waals surface area contributed by atoms with E-state index in [0.29, 0.717) is 35.5 Å². The Kier molecular flexibility index (Phi) is 9.25. The zero-order valence-corrected chi connectivity index (χ0v) is 16.3. The summed E-state index contributed by atoms with van der Waals surface area (Å²) in [6, 6.07) is 6.45. The highest BCUT2D eigenvalue weighted by Crippen LogP contribution is 2.11. The van der Waals surface area contributed by atoms with Gasteiger partial charge >= 0.3 is 0 Å². The zero-order valence-electron chi connectivity index (χ0n) is 14.7. The largest absolute Gasteiger partial charge is 0.353 e. The van der Waals surface area contributed by atoms with Crippen molar-refractivity contribution in [2.75, 3.05) is 13.1 Å². The van der Waals surface area contributed by atoms with Crippen LogP contribution in [0.2, 0.25) is 5.02 Å². The van der Waals surface area contributed by atoms with Crippen molar-refractivity contribution in [1.29, 1.82) is 0 Å². The fourth-order valence-corrected chi connectivity index (χ4v) is 2.95. The van der Waals surface area contributed by atoms with Crippen molar-refractivity contribution in [1.82, 2.24) is 16.0 Å². The van der Waals surface area contributed by atoms with Crippen molar-refractivity contribution in [2.45, 2.75) is 45.2 Å². The quantitative estimate of drug-likeness (QED) is 0.673. The molecule has 0 aliphatic carbocycles. The van der Waals surface area contributed by atoms with Crippen molar-refractivity contribution in [3.05, 3.63) is 34.9 Å². The van der Waals surface area contributed by atoms with Crippen LogP contribution >= 0.6 is 24.0 Å². The smallest absolute Gasteiger partial charge is 0.251 e. The average molecular weight is 388 g/mol. The molecule has 2 atom stereocenters. The molecule has 5 nitrogen and oxygen atoms in total. The van der Waals surface area contributed by atoms with Crippen LogP contribution in [-0.2, 0) is 4.79 Å². The maximum atomic E-state index is 12.5. The molecular formula is C18H27Cl2N3O2. The third kappa shape index (κ3) is 7.22. The molecule has 1 heterocycles. The van der Waals surface area contributed by atoms with E-state index in [1.807, 2.05) is 13.8 Å². The highest BCUT2D eigenvalue weighted by atomic mass is 35.5. The first-order valence-corrected chi connectivity index (χ1v) is 8.91. The Balaban J connectivity index is 0.00000312. The third-order valence-corrected chi connectivity index (χ3v) is 4.37. The molecule has 0 radical (unpaired) electrons. The van der Waals surface area contributed by atoms with Gasteiger partial charge in [0, 0.05) is 23.2 Å². The van der Waals surface area contributed by atoms with Gasteiger partial charge in [0.2, 0.25) is 5.91 Å². The number of nitrogens with one attached hydrogen (secondary N) is 3. The predicted octanol–water partition coefficient (Wildman–Crippen LogP) is 2.77. The van der Waals surface area contributed by atoms with Crippen LogP contribution in [0.4, 0.5) is 0 Å². The lowest BCUT2D eigenvalue weighted by atomic mass is 10.0. The first kappa shape index (κ1) is 21.7. The van der Waals surface area contributed by atoms with Crippen LogP contribution in [-0.4, -0.2) is 37.0 Å². The Morgan fingerprint density at radius 2 is 1.96 bits per heavy atom. The van der Waals surface area contributed by atoms with Crippen molar-refractivity contribution in [3.8, 4) is 0 Å². The van der Waals surface area contributed by atoms with Crippen LogP contribution in [0.3, 0.4) is 0 Å². The summed E-state index contributed by atoms with van der Waals surface area (Å²) in [4.78, 5) is 24.8. The van der Waals surface area contributed by atoms with Gasteiger partial charge in [-0.3, -0.25) is 9.59 Å². The molecule has 1 fully saturated rings. The molecule has 0 aromatic heterocycles. The minimum absolute atomic E-state index is 0. The van der Waals surface area contributed by atoms with Crippen LogP contribution in [0.15, 0.2) is 24.3 Å². The van der Waals surface area contributed by atoms with E-state index in [0.717, 1.165) is 19.4 Å². The SMILES string of the molecule is CC(C)CC(NC(=O)c1ccc(Cl)cc1)C(=O)NCC1CCCN1.Cl. The lowest BCUT2D eigenvalue weighted by molar-refractivity contribution is -0.123. The molecule has 7 heteroatoms. The number of carbonyl (C=O) groups is 2. The van der Waals surface area contributed by atoms with Gasteiger partial charge in [-0.2, -0.15) is 0 Å². The maximum absolute atomic E-state index is 12.5. The number of hydrogen-bond donors (Lipinski definition) is 3. The molecule has 0 spiro atoms. The molecule has 2 amide bonds. The molecule has 1 aliphatic rings. The van der Waals surface area contributed by atoms with Crippen LogP contribution < -0.4 is 16.0 Å². The summed E-state index contributed by atoms with van der Waals surface area (Å²) in [5, 5.41) is 9.73. The van der Waals surface area contributed by atoms with Gasteiger partial charge < -0.3 is 16.0 Å². The van der Waals surface area contributed by atoms with E-state index < -0.39 is 6.04 Å². The van der Waals surface area contributed by atoms with Crippen LogP contribution in [0.1, 0.15) is 43.5 Å². The fourth-order valence-electron chi connectivity index (χ4n) is 2.82. The molecule has 3 N–H and O–H groups in total. The molecule has 0 saturated carbocycles.